The highest BCUT2D eigenvalue weighted by molar-refractivity contribution is 6.32. The SMILES string of the molecule is CC(C)(C)c1cc(NC(=O)c2cc(Cl)c3c(c2)OCCO3)n(C(C)(C)C)n1. The highest BCUT2D eigenvalue weighted by atomic mass is 35.5. The predicted molar refractivity (Wildman–Crippen MR) is 106 cm³/mol. The van der Waals surface area contributed by atoms with Gasteiger partial charge in [-0.25, -0.2) is 4.68 Å². The zero-order valence-electron chi connectivity index (χ0n) is 16.6. The zero-order valence-corrected chi connectivity index (χ0v) is 17.4. The molecule has 1 amide bonds. The average Bonchev–Trinajstić information content (AvgIpc) is 2.99. The molecule has 0 spiro atoms. The molecule has 0 radical (unpaired) electrons. The van der Waals surface area contributed by atoms with Gasteiger partial charge >= 0.3 is 0 Å². The van der Waals surface area contributed by atoms with Crippen LogP contribution < -0.4 is 14.8 Å². The average molecular weight is 392 g/mol. The van der Waals surface area contributed by atoms with Crippen LogP contribution in [-0.2, 0) is 11.0 Å². The molecule has 146 valence electrons. The summed E-state index contributed by atoms with van der Waals surface area (Å²) in [7, 11) is 0. The Labute approximate surface area is 164 Å². The van der Waals surface area contributed by atoms with Crippen LogP contribution in [0.5, 0.6) is 11.5 Å². The lowest BCUT2D eigenvalue weighted by Gasteiger charge is -2.23. The van der Waals surface area contributed by atoms with E-state index in [1.807, 2.05) is 31.5 Å². The molecule has 0 fully saturated rings. The molecule has 1 aromatic heterocycles. The number of aromatic nitrogens is 2. The molecular weight excluding hydrogens is 366 g/mol. The summed E-state index contributed by atoms with van der Waals surface area (Å²) < 4.78 is 12.9. The Morgan fingerprint density at radius 2 is 1.78 bits per heavy atom. The molecular formula is C20H26ClN3O3. The highest BCUT2D eigenvalue weighted by Gasteiger charge is 2.26. The third-order valence-corrected chi connectivity index (χ3v) is 4.49. The molecule has 0 saturated carbocycles. The van der Waals surface area contributed by atoms with E-state index in [2.05, 4.69) is 26.1 Å². The number of amides is 1. The molecule has 1 aliphatic heterocycles. The maximum absolute atomic E-state index is 12.9. The van der Waals surface area contributed by atoms with Crippen molar-refractivity contribution in [2.24, 2.45) is 0 Å². The molecule has 1 N–H and O–H groups in total. The molecule has 0 bridgehead atoms. The van der Waals surface area contributed by atoms with Crippen LogP contribution in [0, 0.1) is 0 Å². The smallest absolute Gasteiger partial charge is 0.257 e. The van der Waals surface area contributed by atoms with E-state index in [4.69, 9.17) is 26.2 Å². The van der Waals surface area contributed by atoms with E-state index in [0.29, 0.717) is 41.1 Å². The Kier molecular flexibility index (Phi) is 4.89. The van der Waals surface area contributed by atoms with Gasteiger partial charge in [0.25, 0.3) is 5.91 Å². The van der Waals surface area contributed by atoms with Crippen molar-refractivity contribution in [3.05, 3.63) is 34.5 Å². The number of anilines is 1. The first-order valence-electron chi connectivity index (χ1n) is 8.98. The molecule has 1 aromatic carbocycles. The molecule has 3 rings (SSSR count). The number of ether oxygens (including phenoxy) is 2. The van der Waals surface area contributed by atoms with E-state index in [-0.39, 0.29) is 16.9 Å². The van der Waals surface area contributed by atoms with E-state index >= 15 is 0 Å². The number of hydrogen-bond donors (Lipinski definition) is 1. The van der Waals surface area contributed by atoms with Gasteiger partial charge in [-0.05, 0) is 32.9 Å². The number of carbonyl (C=O) groups excluding carboxylic acids is 1. The van der Waals surface area contributed by atoms with Crippen LogP contribution in [0.25, 0.3) is 0 Å². The lowest BCUT2D eigenvalue weighted by molar-refractivity contribution is 0.102. The lowest BCUT2D eigenvalue weighted by Crippen LogP contribution is -2.27. The zero-order chi connectivity index (χ0) is 20.0. The molecule has 27 heavy (non-hydrogen) atoms. The number of carbonyl (C=O) groups is 1. The minimum Gasteiger partial charge on any atom is -0.486 e. The van der Waals surface area contributed by atoms with Gasteiger partial charge in [0, 0.05) is 17.0 Å². The summed E-state index contributed by atoms with van der Waals surface area (Å²) in [5.41, 5.74) is 0.906. The van der Waals surface area contributed by atoms with E-state index in [1.54, 1.807) is 12.1 Å². The van der Waals surface area contributed by atoms with Gasteiger partial charge in [-0.15, -0.1) is 0 Å². The fraction of sp³-hybridized carbons (Fsp3) is 0.500. The summed E-state index contributed by atoms with van der Waals surface area (Å²) in [5.74, 6) is 1.33. The van der Waals surface area contributed by atoms with Gasteiger partial charge in [-0.1, -0.05) is 32.4 Å². The van der Waals surface area contributed by atoms with Crippen LogP contribution in [0.15, 0.2) is 18.2 Å². The topological polar surface area (TPSA) is 65.4 Å². The van der Waals surface area contributed by atoms with Crippen molar-refractivity contribution >= 4 is 23.3 Å². The molecule has 0 atom stereocenters. The summed E-state index contributed by atoms with van der Waals surface area (Å²) in [4.78, 5) is 12.9. The Balaban J connectivity index is 1.94. The van der Waals surface area contributed by atoms with Crippen molar-refractivity contribution in [2.75, 3.05) is 18.5 Å². The second-order valence-electron chi connectivity index (χ2n) is 8.68. The number of nitrogens with zero attached hydrogens (tertiary/aromatic N) is 2. The third kappa shape index (κ3) is 4.05. The quantitative estimate of drug-likeness (QED) is 0.811. The van der Waals surface area contributed by atoms with Gasteiger partial charge in [-0.2, -0.15) is 5.10 Å². The summed E-state index contributed by atoms with van der Waals surface area (Å²) in [5, 5.41) is 8.04. The summed E-state index contributed by atoms with van der Waals surface area (Å²) in [6.07, 6.45) is 0. The van der Waals surface area contributed by atoms with Crippen LogP contribution in [-0.4, -0.2) is 28.9 Å². The number of hydrogen-bond acceptors (Lipinski definition) is 4. The van der Waals surface area contributed by atoms with Crippen molar-refractivity contribution in [1.82, 2.24) is 9.78 Å². The summed E-state index contributed by atoms with van der Waals surface area (Å²) in [6.45, 7) is 13.3. The number of benzene rings is 1. The molecule has 1 aliphatic rings. The van der Waals surface area contributed by atoms with E-state index in [9.17, 15) is 4.79 Å². The van der Waals surface area contributed by atoms with Crippen LogP contribution in [0.4, 0.5) is 5.82 Å². The Morgan fingerprint density at radius 3 is 2.41 bits per heavy atom. The standard InChI is InChI=1S/C20H26ClN3O3/c1-19(2,3)15-11-16(24(23-15)20(4,5)6)22-18(25)12-9-13(21)17-14(10-12)26-7-8-27-17/h9-11H,7-8H2,1-6H3,(H,22,25). The monoisotopic (exact) mass is 391 g/mol. The number of fused-ring (bicyclic) bond motifs is 1. The minimum atomic E-state index is -0.281. The highest BCUT2D eigenvalue weighted by Crippen LogP contribution is 2.38. The number of nitrogens with one attached hydrogen (secondary N) is 1. The van der Waals surface area contributed by atoms with Gasteiger partial charge in [-0.3, -0.25) is 4.79 Å². The van der Waals surface area contributed by atoms with Crippen molar-refractivity contribution in [2.45, 2.75) is 52.5 Å². The van der Waals surface area contributed by atoms with Crippen molar-refractivity contribution < 1.29 is 14.3 Å². The predicted octanol–water partition coefficient (Wildman–Crippen LogP) is 4.61. The number of halogens is 1. The molecule has 2 heterocycles. The largest absolute Gasteiger partial charge is 0.486 e. The first-order valence-corrected chi connectivity index (χ1v) is 9.36. The molecule has 7 heteroatoms. The van der Waals surface area contributed by atoms with Crippen molar-refractivity contribution in [3.63, 3.8) is 0 Å². The maximum atomic E-state index is 12.9. The maximum Gasteiger partial charge on any atom is 0.257 e. The Bertz CT molecular complexity index is 876. The molecule has 0 unspecified atom stereocenters. The lowest BCUT2D eigenvalue weighted by atomic mass is 9.92. The summed E-state index contributed by atoms with van der Waals surface area (Å²) >= 11 is 6.26. The van der Waals surface area contributed by atoms with E-state index < -0.39 is 0 Å². The first kappa shape index (κ1) is 19.5. The molecule has 2 aromatic rings. The first-order chi connectivity index (χ1) is 12.5. The Hall–Kier alpha value is -2.21. The molecule has 0 saturated heterocycles. The van der Waals surface area contributed by atoms with Crippen LogP contribution in [0.1, 0.15) is 57.6 Å². The third-order valence-electron chi connectivity index (χ3n) is 4.21. The fourth-order valence-electron chi connectivity index (χ4n) is 2.78. The molecule has 0 aliphatic carbocycles. The van der Waals surface area contributed by atoms with Crippen LogP contribution in [0.2, 0.25) is 5.02 Å². The van der Waals surface area contributed by atoms with E-state index in [0.717, 1.165) is 5.69 Å². The van der Waals surface area contributed by atoms with Gasteiger partial charge in [0.15, 0.2) is 11.5 Å². The summed E-state index contributed by atoms with van der Waals surface area (Å²) in [6, 6.07) is 5.16. The van der Waals surface area contributed by atoms with Crippen molar-refractivity contribution in [3.8, 4) is 11.5 Å². The van der Waals surface area contributed by atoms with Gasteiger partial charge in [0.05, 0.1) is 16.3 Å². The fourth-order valence-corrected chi connectivity index (χ4v) is 3.04. The second-order valence-corrected chi connectivity index (χ2v) is 9.09. The Morgan fingerprint density at radius 1 is 1.11 bits per heavy atom. The van der Waals surface area contributed by atoms with Gasteiger partial charge in [0.1, 0.15) is 19.0 Å². The van der Waals surface area contributed by atoms with Crippen molar-refractivity contribution in [1.29, 1.82) is 0 Å². The van der Waals surface area contributed by atoms with E-state index in [1.165, 1.54) is 0 Å². The second kappa shape index (κ2) is 6.75. The normalized spacial score (nSPS) is 14.2. The van der Waals surface area contributed by atoms with Crippen LogP contribution in [0.3, 0.4) is 0 Å². The van der Waals surface area contributed by atoms with Gasteiger partial charge < -0.3 is 14.8 Å². The number of rotatable bonds is 2. The van der Waals surface area contributed by atoms with Crippen LogP contribution >= 0.6 is 11.6 Å². The minimum absolute atomic E-state index is 0.129. The van der Waals surface area contributed by atoms with Gasteiger partial charge in [0.2, 0.25) is 0 Å². The molecule has 6 nitrogen and oxygen atoms in total.